The highest BCUT2D eigenvalue weighted by molar-refractivity contribution is 5.47. The molecule has 2 rings (SSSR count). The number of nitrogen functional groups attached to an aromatic ring is 1. The molecular weight excluding hydrogens is 202 g/mol. The predicted octanol–water partition coefficient (Wildman–Crippen LogP) is 0.590. The number of hydrogen-bond acceptors (Lipinski definition) is 5. The van der Waals surface area contributed by atoms with Crippen LogP contribution in [0.4, 0.5) is 11.8 Å². The Labute approximate surface area is 96.1 Å². The molecule has 0 radical (unpaired) electrons. The van der Waals surface area contributed by atoms with E-state index in [2.05, 4.69) is 34.0 Å². The predicted molar refractivity (Wildman–Crippen MR) is 65.6 cm³/mol. The van der Waals surface area contributed by atoms with Crippen molar-refractivity contribution in [2.24, 2.45) is 0 Å². The molecule has 0 amide bonds. The Kier molecular flexibility index (Phi) is 2.96. The summed E-state index contributed by atoms with van der Waals surface area (Å²) >= 11 is 0. The highest BCUT2D eigenvalue weighted by Gasteiger charge is 2.26. The van der Waals surface area contributed by atoms with Crippen molar-refractivity contribution in [1.82, 2.24) is 15.3 Å². The monoisotopic (exact) mass is 221 g/mol. The van der Waals surface area contributed by atoms with Crippen LogP contribution in [-0.2, 0) is 0 Å². The zero-order valence-electron chi connectivity index (χ0n) is 10.1. The Bertz CT molecular complexity index is 371. The molecule has 0 aromatic carbocycles. The summed E-state index contributed by atoms with van der Waals surface area (Å²) in [6, 6.07) is 2.60. The lowest BCUT2D eigenvalue weighted by molar-refractivity contribution is 0.447. The molecule has 5 nitrogen and oxygen atoms in total. The van der Waals surface area contributed by atoms with Crippen LogP contribution in [0.1, 0.15) is 25.5 Å². The van der Waals surface area contributed by atoms with Crippen molar-refractivity contribution in [3.8, 4) is 0 Å². The summed E-state index contributed by atoms with van der Waals surface area (Å²) in [6.07, 6.45) is 0. The molecule has 1 aromatic rings. The molecule has 0 saturated carbocycles. The maximum absolute atomic E-state index is 5.72. The molecule has 1 aromatic heterocycles. The summed E-state index contributed by atoms with van der Waals surface area (Å²) in [4.78, 5) is 10.7. The first-order chi connectivity index (χ1) is 7.60. The van der Waals surface area contributed by atoms with Crippen LogP contribution in [0.3, 0.4) is 0 Å². The van der Waals surface area contributed by atoms with Crippen molar-refractivity contribution in [3.05, 3.63) is 11.8 Å². The summed E-state index contributed by atoms with van der Waals surface area (Å²) in [7, 11) is 1.98. The number of hydrogen-bond donors (Lipinski definition) is 2. The average molecular weight is 221 g/mol. The molecule has 1 saturated heterocycles. The molecule has 0 atom stereocenters. The highest BCUT2D eigenvalue weighted by Crippen LogP contribution is 2.22. The van der Waals surface area contributed by atoms with Crippen molar-refractivity contribution < 1.29 is 0 Å². The number of rotatable bonds is 3. The van der Waals surface area contributed by atoms with E-state index >= 15 is 0 Å². The van der Waals surface area contributed by atoms with Gasteiger partial charge in [-0.2, -0.15) is 4.98 Å². The van der Waals surface area contributed by atoms with Gasteiger partial charge in [-0.15, -0.1) is 0 Å². The number of likely N-dealkylation sites (N-methyl/N-ethyl adjacent to an activating group) is 1. The van der Waals surface area contributed by atoms with Gasteiger partial charge in [-0.05, 0) is 13.0 Å². The molecule has 0 spiro atoms. The van der Waals surface area contributed by atoms with E-state index in [4.69, 9.17) is 5.73 Å². The van der Waals surface area contributed by atoms with E-state index in [9.17, 15) is 0 Å². The second kappa shape index (κ2) is 4.25. The fraction of sp³-hybridized carbons (Fsp3) is 0.636. The zero-order chi connectivity index (χ0) is 11.7. The Morgan fingerprint density at radius 2 is 2.12 bits per heavy atom. The van der Waals surface area contributed by atoms with Crippen LogP contribution in [0.5, 0.6) is 0 Å². The largest absolute Gasteiger partial charge is 0.368 e. The van der Waals surface area contributed by atoms with Crippen molar-refractivity contribution in [2.75, 3.05) is 30.8 Å². The lowest BCUT2D eigenvalue weighted by Gasteiger charge is -2.40. The molecule has 1 fully saturated rings. The summed E-state index contributed by atoms with van der Waals surface area (Å²) in [6.45, 7) is 6.20. The van der Waals surface area contributed by atoms with E-state index < -0.39 is 0 Å². The van der Waals surface area contributed by atoms with Crippen LogP contribution in [0, 0.1) is 0 Å². The normalized spacial score (nSPS) is 16.6. The minimum absolute atomic E-state index is 0.370. The molecule has 0 bridgehead atoms. The van der Waals surface area contributed by atoms with Crippen LogP contribution >= 0.6 is 0 Å². The molecule has 5 heteroatoms. The van der Waals surface area contributed by atoms with Gasteiger partial charge in [-0.3, -0.25) is 0 Å². The van der Waals surface area contributed by atoms with Crippen molar-refractivity contribution in [3.63, 3.8) is 0 Å². The van der Waals surface area contributed by atoms with Gasteiger partial charge in [0.25, 0.3) is 0 Å². The van der Waals surface area contributed by atoms with Gasteiger partial charge >= 0.3 is 0 Å². The second-order valence-electron chi connectivity index (χ2n) is 4.55. The summed E-state index contributed by atoms with van der Waals surface area (Å²) in [5.74, 6) is 1.70. The smallest absolute Gasteiger partial charge is 0.222 e. The van der Waals surface area contributed by atoms with Gasteiger partial charge < -0.3 is 16.0 Å². The van der Waals surface area contributed by atoms with Gasteiger partial charge in [0.2, 0.25) is 5.95 Å². The fourth-order valence-electron chi connectivity index (χ4n) is 1.78. The van der Waals surface area contributed by atoms with E-state index in [1.54, 1.807) is 0 Å². The first kappa shape index (κ1) is 11.1. The quantitative estimate of drug-likeness (QED) is 0.782. The molecule has 2 heterocycles. The molecule has 1 aliphatic rings. The molecule has 3 N–H and O–H groups in total. The standard InChI is InChI=1S/C11H19N5/c1-7(2)9-4-10(15-11(12)14-9)16-5-8(6-16)13-3/h4,7-8,13H,5-6H2,1-3H3,(H2,12,14,15). The maximum atomic E-state index is 5.72. The first-order valence-corrected chi connectivity index (χ1v) is 5.67. The second-order valence-corrected chi connectivity index (χ2v) is 4.55. The summed E-state index contributed by atoms with van der Waals surface area (Å²) < 4.78 is 0. The van der Waals surface area contributed by atoms with Gasteiger partial charge in [0.1, 0.15) is 5.82 Å². The molecule has 16 heavy (non-hydrogen) atoms. The third-order valence-corrected chi connectivity index (χ3v) is 2.96. The minimum Gasteiger partial charge on any atom is -0.368 e. The molecule has 1 aliphatic heterocycles. The zero-order valence-corrected chi connectivity index (χ0v) is 10.1. The summed E-state index contributed by atoms with van der Waals surface area (Å²) in [5, 5.41) is 3.24. The molecule has 0 aliphatic carbocycles. The van der Waals surface area contributed by atoms with E-state index in [1.165, 1.54) is 0 Å². The highest BCUT2D eigenvalue weighted by atomic mass is 15.3. The van der Waals surface area contributed by atoms with Gasteiger partial charge in [-0.25, -0.2) is 4.98 Å². The van der Waals surface area contributed by atoms with E-state index in [-0.39, 0.29) is 0 Å². The SMILES string of the molecule is CNC1CN(c2cc(C(C)C)nc(N)n2)C1. The molecule has 88 valence electrons. The van der Waals surface area contributed by atoms with Crippen LogP contribution in [0.25, 0.3) is 0 Å². The third kappa shape index (κ3) is 2.09. The Balaban J connectivity index is 2.16. The Morgan fingerprint density at radius 3 is 2.69 bits per heavy atom. The van der Waals surface area contributed by atoms with E-state index in [0.29, 0.717) is 17.9 Å². The third-order valence-electron chi connectivity index (χ3n) is 2.96. The van der Waals surface area contributed by atoms with Crippen LogP contribution < -0.4 is 16.0 Å². The van der Waals surface area contributed by atoms with Gasteiger partial charge in [0.15, 0.2) is 0 Å². The van der Waals surface area contributed by atoms with E-state index in [1.807, 2.05) is 13.1 Å². The van der Waals surface area contributed by atoms with Gasteiger partial charge in [0, 0.05) is 25.2 Å². The molecular formula is C11H19N5. The number of nitrogens with one attached hydrogen (secondary N) is 1. The van der Waals surface area contributed by atoms with Crippen LogP contribution in [0.2, 0.25) is 0 Å². The van der Waals surface area contributed by atoms with Crippen molar-refractivity contribution in [2.45, 2.75) is 25.8 Å². The lowest BCUT2D eigenvalue weighted by Crippen LogP contribution is -2.57. The average Bonchev–Trinajstić information content (AvgIpc) is 2.15. The number of nitrogens with two attached hydrogens (primary N) is 1. The first-order valence-electron chi connectivity index (χ1n) is 5.67. The number of anilines is 2. The van der Waals surface area contributed by atoms with Crippen LogP contribution in [-0.4, -0.2) is 36.1 Å². The minimum atomic E-state index is 0.370. The van der Waals surface area contributed by atoms with Crippen LogP contribution in [0.15, 0.2) is 6.07 Å². The van der Waals surface area contributed by atoms with Gasteiger partial charge in [0.05, 0.1) is 5.69 Å². The number of aromatic nitrogens is 2. The van der Waals surface area contributed by atoms with Crippen molar-refractivity contribution in [1.29, 1.82) is 0 Å². The lowest BCUT2D eigenvalue weighted by atomic mass is 10.1. The molecule has 0 unspecified atom stereocenters. The summed E-state index contributed by atoms with van der Waals surface area (Å²) in [5.41, 5.74) is 6.73. The van der Waals surface area contributed by atoms with Crippen molar-refractivity contribution >= 4 is 11.8 Å². The van der Waals surface area contributed by atoms with E-state index in [0.717, 1.165) is 24.6 Å². The number of nitrogens with zero attached hydrogens (tertiary/aromatic N) is 3. The fourth-order valence-corrected chi connectivity index (χ4v) is 1.78. The Morgan fingerprint density at radius 1 is 1.44 bits per heavy atom. The maximum Gasteiger partial charge on any atom is 0.222 e. The Hall–Kier alpha value is -1.36. The topological polar surface area (TPSA) is 67.1 Å². The van der Waals surface area contributed by atoms with Gasteiger partial charge in [-0.1, -0.05) is 13.8 Å².